The molecule has 1 N–H and O–H groups in total. The molecular weight excluding hydrogens is 360 g/mol. The van der Waals surface area contributed by atoms with Crippen LogP contribution in [0.2, 0.25) is 0 Å². The van der Waals surface area contributed by atoms with Crippen molar-refractivity contribution in [2.24, 2.45) is 0 Å². The van der Waals surface area contributed by atoms with Gasteiger partial charge >= 0.3 is 5.97 Å². The number of carbonyl (C=O) groups is 1. The van der Waals surface area contributed by atoms with Crippen LogP contribution < -0.4 is 4.90 Å². The van der Waals surface area contributed by atoms with Crippen LogP contribution in [0.25, 0.3) is 21.9 Å². The highest BCUT2D eigenvalue weighted by Crippen LogP contribution is 2.30. The first kappa shape index (κ1) is 17.7. The van der Waals surface area contributed by atoms with Gasteiger partial charge in [-0.05, 0) is 41.5 Å². The van der Waals surface area contributed by atoms with Gasteiger partial charge in [0.05, 0.1) is 29.9 Å². The maximum Gasteiger partial charge on any atom is 0.307 e. The topological polar surface area (TPSA) is 62.7 Å². The SMILES string of the molecule is O=C(O)CC(=Cc1ccc(N2CCOCC2)cc1)c1nc2ccccc2s1. The maximum atomic E-state index is 11.4. The molecule has 0 saturated carbocycles. The van der Waals surface area contributed by atoms with Crippen molar-refractivity contribution in [3.8, 4) is 0 Å². The standard InChI is InChI=1S/C21H20N2O3S/c24-20(25)14-16(21-22-18-3-1-2-4-19(18)27-21)13-15-5-7-17(8-6-15)23-9-11-26-12-10-23/h1-8,13H,9-12,14H2,(H,24,25). The molecule has 0 bridgehead atoms. The molecule has 1 aromatic heterocycles. The van der Waals surface area contributed by atoms with Gasteiger partial charge in [-0.25, -0.2) is 4.98 Å². The molecule has 3 aromatic rings. The van der Waals surface area contributed by atoms with E-state index < -0.39 is 5.97 Å². The minimum atomic E-state index is -0.856. The number of nitrogens with zero attached hydrogens (tertiary/aromatic N) is 2. The molecule has 5 nitrogen and oxygen atoms in total. The second-order valence-electron chi connectivity index (χ2n) is 6.42. The van der Waals surface area contributed by atoms with Gasteiger partial charge in [0.1, 0.15) is 5.01 Å². The summed E-state index contributed by atoms with van der Waals surface area (Å²) in [6, 6.07) is 16.1. The van der Waals surface area contributed by atoms with Crippen molar-refractivity contribution in [1.29, 1.82) is 0 Å². The number of para-hydroxylation sites is 1. The Hall–Kier alpha value is -2.70. The van der Waals surface area contributed by atoms with Gasteiger partial charge in [-0.3, -0.25) is 4.79 Å². The maximum absolute atomic E-state index is 11.4. The lowest BCUT2D eigenvalue weighted by molar-refractivity contribution is -0.135. The summed E-state index contributed by atoms with van der Waals surface area (Å²) in [6.45, 7) is 3.29. The van der Waals surface area contributed by atoms with E-state index >= 15 is 0 Å². The lowest BCUT2D eigenvalue weighted by Crippen LogP contribution is -2.36. The Labute approximate surface area is 161 Å². The Balaban J connectivity index is 1.63. The summed E-state index contributed by atoms with van der Waals surface area (Å²) in [5, 5.41) is 10.1. The molecular formula is C21H20N2O3S. The van der Waals surface area contributed by atoms with Crippen LogP contribution in [0.5, 0.6) is 0 Å². The fraction of sp³-hybridized carbons (Fsp3) is 0.238. The molecule has 0 atom stereocenters. The Morgan fingerprint density at radius 2 is 1.89 bits per heavy atom. The number of morpholine rings is 1. The number of hydrogen-bond acceptors (Lipinski definition) is 5. The number of thiazole rings is 1. The van der Waals surface area contributed by atoms with E-state index in [1.165, 1.54) is 11.3 Å². The predicted octanol–water partition coefficient (Wildman–Crippen LogP) is 4.15. The fourth-order valence-corrected chi connectivity index (χ4v) is 4.14. The number of anilines is 1. The van der Waals surface area contributed by atoms with Gasteiger partial charge in [0.25, 0.3) is 0 Å². The van der Waals surface area contributed by atoms with Crippen molar-refractivity contribution in [3.63, 3.8) is 0 Å². The van der Waals surface area contributed by atoms with Crippen molar-refractivity contribution < 1.29 is 14.6 Å². The Kier molecular flexibility index (Phi) is 5.18. The number of ether oxygens (including phenoxy) is 1. The second kappa shape index (κ2) is 7.90. The van der Waals surface area contributed by atoms with E-state index in [1.54, 1.807) is 0 Å². The molecule has 1 saturated heterocycles. The Morgan fingerprint density at radius 3 is 2.59 bits per heavy atom. The summed E-state index contributed by atoms with van der Waals surface area (Å²) in [5.74, 6) is -0.856. The summed E-state index contributed by atoms with van der Waals surface area (Å²) in [4.78, 5) is 18.3. The second-order valence-corrected chi connectivity index (χ2v) is 7.45. The zero-order chi connectivity index (χ0) is 18.6. The zero-order valence-electron chi connectivity index (χ0n) is 14.8. The number of rotatable bonds is 5. The first-order valence-electron chi connectivity index (χ1n) is 8.90. The Bertz CT molecular complexity index is 940. The third kappa shape index (κ3) is 4.18. The van der Waals surface area contributed by atoms with E-state index in [2.05, 4.69) is 22.0 Å². The van der Waals surface area contributed by atoms with E-state index in [-0.39, 0.29) is 6.42 Å². The lowest BCUT2D eigenvalue weighted by Gasteiger charge is -2.28. The minimum Gasteiger partial charge on any atom is -0.481 e. The summed E-state index contributed by atoms with van der Waals surface area (Å²) in [5.41, 5.74) is 3.76. The van der Waals surface area contributed by atoms with Crippen molar-refractivity contribution in [2.75, 3.05) is 31.2 Å². The van der Waals surface area contributed by atoms with Crippen molar-refractivity contribution in [3.05, 3.63) is 59.1 Å². The lowest BCUT2D eigenvalue weighted by atomic mass is 10.1. The van der Waals surface area contributed by atoms with E-state index in [0.29, 0.717) is 0 Å². The third-order valence-corrected chi connectivity index (χ3v) is 5.63. The average Bonchev–Trinajstić information content (AvgIpc) is 3.13. The van der Waals surface area contributed by atoms with Crippen LogP contribution in [0, 0.1) is 0 Å². The molecule has 1 aliphatic heterocycles. The molecule has 2 aromatic carbocycles. The Morgan fingerprint density at radius 1 is 1.15 bits per heavy atom. The van der Waals surface area contributed by atoms with E-state index in [9.17, 15) is 9.90 Å². The molecule has 1 aliphatic rings. The fourth-order valence-electron chi connectivity index (χ4n) is 3.16. The highest BCUT2D eigenvalue weighted by atomic mass is 32.1. The van der Waals surface area contributed by atoms with Gasteiger partial charge in [-0.2, -0.15) is 0 Å². The largest absolute Gasteiger partial charge is 0.481 e. The highest BCUT2D eigenvalue weighted by Gasteiger charge is 2.14. The molecule has 0 unspecified atom stereocenters. The van der Waals surface area contributed by atoms with Crippen LogP contribution in [-0.4, -0.2) is 42.4 Å². The van der Waals surface area contributed by atoms with Gasteiger partial charge < -0.3 is 14.7 Å². The van der Waals surface area contributed by atoms with Gasteiger partial charge in [0, 0.05) is 18.8 Å². The molecule has 0 amide bonds. The van der Waals surface area contributed by atoms with E-state index in [0.717, 1.165) is 58.4 Å². The number of benzene rings is 2. The molecule has 138 valence electrons. The summed E-state index contributed by atoms with van der Waals surface area (Å²) >= 11 is 1.53. The molecule has 27 heavy (non-hydrogen) atoms. The van der Waals surface area contributed by atoms with Crippen LogP contribution in [0.1, 0.15) is 17.0 Å². The molecule has 0 spiro atoms. The number of hydrogen-bond donors (Lipinski definition) is 1. The van der Waals surface area contributed by atoms with E-state index in [1.807, 2.05) is 42.5 Å². The van der Waals surface area contributed by atoms with Crippen LogP contribution >= 0.6 is 11.3 Å². The predicted molar refractivity (Wildman–Crippen MR) is 109 cm³/mol. The average molecular weight is 380 g/mol. The van der Waals surface area contributed by atoms with Crippen LogP contribution in [0.15, 0.2) is 48.5 Å². The summed E-state index contributed by atoms with van der Waals surface area (Å²) in [7, 11) is 0. The van der Waals surface area contributed by atoms with Gasteiger partial charge in [-0.15, -0.1) is 11.3 Å². The van der Waals surface area contributed by atoms with Gasteiger partial charge in [0.15, 0.2) is 0 Å². The number of carboxylic acid groups (broad SMARTS) is 1. The molecule has 6 heteroatoms. The van der Waals surface area contributed by atoms with Crippen molar-refractivity contribution in [2.45, 2.75) is 6.42 Å². The zero-order valence-corrected chi connectivity index (χ0v) is 15.6. The quantitative estimate of drug-likeness (QED) is 0.720. The summed E-state index contributed by atoms with van der Waals surface area (Å²) < 4.78 is 6.46. The molecule has 4 rings (SSSR count). The van der Waals surface area contributed by atoms with Gasteiger partial charge in [0.2, 0.25) is 0 Å². The van der Waals surface area contributed by atoms with Gasteiger partial charge in [-0.1, -0.05) is 24.3 Å². The number of carboxylic acids is 1. The molecule has 0 radical (unpaired) electrons. The van der Waals surface area contributed by atoms with Crippen LogP contribution in [0.3, 0.4) is 0 Å². The van der Waals surface area contributed by atoms with Crippen molar-refractivity contribution in [1.82, 2.24) is 4.98 Å². The normalized spacial score (nSPS) is 15.3. The van der Waals surface area contributed by atoms with E-state index in [4.69, 9.17) is 4.74 Å². The smallest absolute Gasteiger partial charge is 0.307 e. The first-order valence-corrected chi connectivity index (χ1v) is 9.72. The molecule has 2 heterocycles. The highest BCUT2D eigenvalue weighted by molar-refractivity contribution is 7.19. The summed E-state index contributed by atoms with van der Waals surface area (Å²) in [6.07, 6.45) is 1.87. The minimum absolute atomic E-state index is 0.0506. The first-order chi connectivity index (χ1) is 13.2. The number of fused-ring (bicyclic) bond motifs is 1. The molecule has 0 aliphatic carbocycles. The molecule has 1 fully saturated rings. The monoisotopic (exact) mass is 380 g/mol. The third-order valence-electron chi connectivity index (χ3n) is 4.52. The van der Waals surface area contributed by atoms with Crippen molar-refractivity contribution >= 4 is 44.9 Å². The number of aromatic nitrogens is 1. The van der Waals surface area contributed by atoms with Crippen LogP contribution in [-0.2, 0) is 9.53 Å². The number of aliphatic carboxylic acids is 1. The van der Waals surface area contributed by atoms with Crippen LogP contribution in [0.4, 0.5) is 5.69 Å².